The summed E-state index contributed by atoms with van der Waals surface area (Å²) in [6.07, 6.45) is 0.498. The van der Waals surface area contributed by atoms with Gasteiger partial charge in [0.05, 0.1) is 0 Å². The van der Waals surface area contributed by atoms with Crippen molar-refractivity contribution in [3.8, 4) is 5.69 Å². The number of hydrogen-bond donors (Lipinski definition) is 1. The second-order valence-corrected chi connectivity index (χ2v) is 5.45. The first-order valence-corrected chi connectivity index (χ1v) is 7.13. The van der Waals surface area contributed by atoms with Gasteiger partial charge in [0.2, 0.25) is 0 Å². The van der Waals surface area contributed by atoms with Crippen LogP contribution in [0.1, 0.15) is 17.0 Å². The molecule has 0 bridgehead atoms. The number of amides is 1. The summed E-state index contributed by atoms with van der Waals surface area (Å²) in [5, 5.41) is 2.80. The summed E-state index contributed by atoms with van der Waals surface area (Å²) in [5.41, 5.74) is 4.94. The van der Waals surface area contributed by atoms with Gasteiger partial charge < -0.3 is 4.57 Å². The highest BCUT2D eigenvalue weighted by Crippen LogP contribution is 2.21. The Hall–Kier alpha value is -2.27. The maximum Gasteiger partial charge on any atom is 0.272 e. The Bertz CT molecular complexity index is 759. The standard InChI is InChI=1S/C16H15N3OS/c1-10-8-12(9-14-15(20)18-16(21)17-14)11(2)19(10)13-6-4-3-5-7-13/h3-8H,9H2,1-2H3,(H,18,20,21). The third kappa shape index (κ3) is 2.52. The highest BCUT2D eigenvalue weighted by Gasteiger charge is 2.22. The van der Waals surface area contributed by atoms with Crippen LogP contribution in [0.3, 0.4) is 0 Å². The largest absolute Gasteiger partial charge is 0.318 e. The molecule has 1 N–H and O–H groups in total. The summed E-state index contributed by atoms with van der Waals surface area (Å²) in [6, 6.07) is 12.3. The molecule has 0 radical (unpaired) electrons. The predicted molar refractivity (Wildman–Crippen MR) is 87.1 cm³/mol. The van der Waals surface area contributed by atoms with Gasteiger partial charge in [0.15, 0.2) is 5.11 Å². The lowest BCUT2D eigenvalue weighted by Crippen LogP contribution is -2.26. The molecule has 3 rings (SSSR count). The molecule has 0 atom stereocenters. The molecule has 0 aliphatic carbocycles. The van der Waals surface area contributed by atoms with E-state index in [-0.39, 0.29) is 11.0 Å². The first kappa shape index (κ1) is 13.7. The van der Waals surface area contributed by atoms with Gasteiger partial charge in [0.1, 0.15) is 5.71 Å². The molecule has 1 aliphatic rings. The minimum absolute atomic E-state index is 0.190. The zero-order valence-electron chi connectivity index (χ0n) is 11.9. The van der Waals surface area contributed by atoms with E-state index in [4.69, 9.17) is 12.2 Å². The van der Waals surface area contributed by atoms with Crippen molar-refractivity contribution in [1.82, 2.24) is 9.88 Å². The fourth-order valence-electron chi connectivity index (χ4n) is 2.65. The second-order valence-electron chi connectivity index (χ2n) is 5.06. The summed E-state index contributed by atoms with van der Waals surface area (Å²) in [6.45, 7) is 4.12. The summed E-state index contributed by atoms with van der Waals surface area (Å²) >= 11 is 4.91. The Morgan fingerprint density at radius 1 is 1.24 bits per heavy atom. The number of aryl methyl sites for hydroxylation is 1. The SMILES string of the molecule is Cc1cc(CC2=NC(=S)NC2=O)c(C)n1-c1ccccc1. The highest BCUT2D eigenvalue weighted by atomic mass is 32.1. The molecule has 0 saturated heterocycles. The molecule has 1 aromatic carbocycles. The molecule has 5 heteroatoms. The van der Waals surface area contributed by atoms with Gasteiger partial charge in [0, 0.05) is 23.5 Å². The van der Waals surface area contributed by atoms with Crippen molar-refractivity contribution in [2.24, 2.45) is 4.99 Å². The predicted octanol–water partition coefficient (Wildman–Crippen LogP) is 2.49. The number of carbonyl (C=O) groups is 1. The van der Waals surface area contributed by atoms with Gasteiger partial charge in [-0.2, -0.15) is 0 Å². The summed E-state index contributed by atoms with van der Waals surface area (Å²) in [4.78, 5) is 15.8. The average molecular weight is 297 g/mol. The van der Waals surface area contributed by atoms with Crippen LogP contribution in [-0.4, -0.2) is 21.3 Å². The number of carbonyl (C=O) groups excluding carboxylic acids is 1. The molecule has 106 valence electrons. The molecule has 0 spiro atoms. The van der Waals surface area contributed by atoms with Crippen molar-refractivity contribution < 1.29 is 4.79 Å². The van der Waals surface area contributed by atoms with Crippen molar-refractivity contribution in [3.05, 3.63) is 53.3 Å². The highest BCUT2D eigenvalue weighted by molar-refractivity contribution is 7.80. The number of thiocarbonyl (C=S) groups is 1. The van der Waals surface area contributed by atoms with Gasteiger partial charge in [-0.05, 0) is 49.8 Å². The van der Waals surface area contributed by atoms with Crippen LogP contribution in [0.2, 0.25) is 0 Å². The number of aliphatic imine (C=N–C) groups is 1. The van der Waals surface area contributed by atoms with Crippen LogP contribution in [0.15, 0.2) is 41.4 Å². The number of para-hydroxylation sites is 1. The van der Waals surface area contributed by atoms with Crippen LogP contribution in [0.4, 0.5) is 0 Å². The molecule has 1 aromatic heterocycles. The fraction of sp³-hybridized carbons (Fsp3) is 0.188. The number of benzene rings is 1. The van der Waals surface area contributed by atoms with Gasteiger partial charge in [-0.3, -0.25) is 10.1 Å². The van der Waals surface area contributed by atoms with Crippen molar-refractivity contribution in [2.75, 3.05) is 0 Å². The number of rotatable bonds is 3. The maximum atomic E-state index is 11.7. The molecule has 0 unspecified atom stereocenters. The van der Waals surface area contributed by atoms with E-state index < -0.39 is 0 Å². The Labute approximate surface area is 128 Å². The lowest BCUT2D eigenvalue weighted by molar-refractivity contribution is -0.113. The third-order valence-electron chi connectivity index (χ3n) is 3.63. The van der Waals surface area contributed by atoms with E-state index in [2.05, 4.69) is 46.9 Å². The smallest absolute Gasteiger partial charge is 0.272 e. The second kappa shape index (κ2) is 5.26. The summed E-state index contributed by atoms with van der Waals surface area (Å²) in [7, 11) is 0. The molecule has 1 aliphatic heterocycles. The van der Waals surface area contributed by atoms with Crippen molar-refractivity contribution in [1.29, 1.82) is 0 Å². The molecule has 2 heterocycles. The Kier molecular flexibility index (Phi) is 3.43. The van der Waals surface area contributed by atoms with E-state index >= 15 is 0 Å². The van der Waals surface area contributed by atoms with E-state index in [1.54, 1.807) is 0 Å². The Morgan fingerprint density at radius 2 is 1.95 bits per heavy atom. The van der Waals surface area contributed by atoms with Crippen LogP contribution in [0, 0.1) is 13.8 Å². The normalized spacial score (nSPS) is 14.3. The van der Waals surface area contributed by atoms with Crippen LogP contribution >= 0.6 is 12.2 Å². The van der Waals surface area contributed by atoms with E-state index in [0.717, 1.165) is 22.6 Å². The Morgan fingerprint density at radius 3 is 2.57 bits per heavy atom. The molecule has 2 aromatic rings. The van der Waals surface area contributed by atoms with Gasteiger partial charge in [-0.25, -0.2) is 4.99 Å². The lowest BCUT2D eigenvalue weighted by Gasteiger charge is -2.09. The van der Waals surface area contributed by atoms with Crippen LogP contribution in [0.25, 0.3) is 5.69 Å². The van der Waals surface area contributed by atoms with Crippen molar-refractivity contribution in [2.45, 2.75) is 20.3 Å². The quantitative estimate of drug-likeness (QED) is 0.885. The van der Waals surface area contributed by atoms with Crippen molar-refractivity contribution in [3.63, 3.8) is 0 Å². The summed E-state index contributed by atoms with van der Waals surface area (Å²) in [5.74, 6) is -0.190. The first-order chi connectivity index (χ1) is 10.1. The molecule has 21 heavy (non-hydrogen) atoms. The van der Waals surface area contributed by atoms with Crippen LogP contribution in [0.5, 0.6) is 0 Å². The Balaban J connectivity index is 1.97. The maximum absolute atomic E-state index is 11.7. The monoisotopic (exact) mass is 297 g/mol. The fourth-order valence-corrected chi connectivity index (χ4v) is 2.86. The van der Waals surface area contributed by atoms with Crippen LogP contribution < -0.4 is 5.32 Å². The third-order valence-corrected chi connectivity index (χ3v) is 3.82. The van der Waals surface area contributed by atoms with Crippen LogP contribution in [-0.2, 0) is 11.2 Å². The first-order valence-electron chi connectivity index (χ1n) is 6.72. The minimum Gasteiger partial charge on any atom is -0.318 e. The minimum atomic E-state index is -0.190. The van der Waals surface area contributed by atoms with E-state index in [1.807, 2.05) is 18.2 Å². The molecular weight excluding hydrogens is 282 g/mol. The van der Waals surface area contributed by atoms with Gasteiger partial charge in [-0.1, -0.05) is 18.2 Å². The topological polar surface area (TPSA) is 46.4 Å². The van der Waals surface area contributed by atoms with Gasteiger partial charge in [0.25, 0.3) is 5.91 Å². The summed E-state index contributed by atoms with van der Waals surface area (Å²) < 4.78 is 2.18. The number of nitrogens with one attached hydrogen (secondary N) is 1. The van der Waals surface area contributed by atoms with E-state index in [9.17, 15) is 4.79 Å². The molecule has 0 saturated carbocycles. The molecule has 0 fully saturated rings. The van der Waals surface area contributed by atoms with E-state index in [0.29, 0.717) is 12.1 Å². The van der Waals surface area contributed by atoms with E-state index in [1.165, 1.54) is 0 Å². The molecular formula is C16H15N3OS. The number of nitrogens with zero attached hydrogens (tertiary/aromatic N) is 2. The zero-order chi connectivity index (χ0) is 15.0. The van der Waals surface area contributed by atoms with Gasteiger partial charge >= 0.3 is 0 Å². The average Bonchev–Trinajstić information content (AvgIpc) is 2.91. The lowest BCUT2D eigenvalue weighted by atomic mass is 10.1. The zero-order valence-corrected chi connectivity index (χ0v) is 12.7. The number of hydrogen-bond acceptors (Lipinski definition) is 2. The number of aromatic nitrogens is 1. The molecule has 1 amide bonds. The molecule has 4 nitrogen and oxygen atoms in total. The van der Waals surface area contributed by atoms with Crippen molar-refractivity contribution >= 4 is 28.9 Å². The van der Waals surface area contributed by atoms with Gasteiger partial charge in [-0.15, -0.1) is 0 Å².